The lowest BCUT2D eigenvalue weighted by atomic mass is 10.4. The Morgan fingerprint density at radius 3 is 1.77 bits per heavy atom. The third-order valence-corrected chi connectivity index (χ3v) is 8.72. The first-order valence-electron chi connectivity index (χ1n) is 7.37. The highest BCUT2D eigenvalue weighted by Gasteiger charge is 2.56. The van der Waals surface area contributed by atoms with Crippen LogP contribution in [0.1, 0.15) is 52.9 Å². The SMILES string of the molecule is CCCCS(CCCC)(CC(=O)CC)[OH+]S(=O)(=O)C(F)(F)F. The minimum atomic E-state index is -5.56. The highest BCUT2D eigenvalue weighted by atomic mass is 32.3. The molecule has 0 saturated carbocycles. The van der Waals surface area contributed by atoms with E-state index in [9.17, 15) is 26.4 Å². The second-order valence-corrected chi connectivity index (χ2v) is 10.3. The van der Waals surface area contributed by atoms with Gasteiger partial charge in [-0.05, 0) is 23.2 Å². The van der Waals surface area contributed by atoms with Crippen molar-refractivity contribution in [2.45, 2.75) is 58.4 Å². The Balaban J connectivity index is 5.53. The van der Waals surface area contributed by atoms with Gasteiger partial charge in [-0.2, -0.15) is 13.2 Å². The third-order valence-electron chi connectivity index (χ3n) is 3.13. The molecule has 0 aliphatic heterocycles. The van der Waals surface area contributed by atoms with Crippen LogP contribution in [-0.2, 0) is 14.9 Å². The van der Waals surface area contributed by atoms with Gasteiger partial charge in [0, 0.05) is 17.9 Å². The molecule has 0 saturated heterocycles. The topological polar surface area (TPSA) is 64.0 Å². The van der Waals surface area contributed by atoms with E-state index >= 15 is 0 Å². The van der Waals surface area contributed by atoms with E-state index in [1.165, 1.54) is 0 Å². The van der Waals surface area contributed by atoms with Crippen molar-refractivity contribution in [2.75, 3.05) is 17.3 Å². The molecule has 0 aliphatic rings. The summed E-state index contributed by atoms with van der Waals surface area (Å²) in [7, 11) is -8.07. The molecule has 0 unspecified atom stereocenters. The number of alkyl halides is 3. The van der Waals surface area contributed by atoms with E-state index in [-0.39, 0.29) is 29.5 Å². The Morgan fingerprint density at radius 1 is 1.00 bits per heavy atom. The summed E-state index contributed by atoms with van der Waals surface area (Å²) in [5.74, 6) is 0.108. The van der Waals surface area contributed by atoms with Crippen molar-refractivity contribution in [1.82, 2.24) is 0 Å². The number of ketones is 1. The lowest BCUT2D eigenvalue weighted by Gasteiger charge is -2.33. The summed E-state index contributed by atoms with van der Waals surface area (Å²) in [6.07, 6.45) is 2.72. The first-order chi connectivity index (χ1) is 10.0. The van der Waals surface area contributed by atoms with Crippen molar-refractivity contribution in [2.24, 2.45) is 0 Å². The molecule has 0 spiro atoms. The van der Waals surface area contributed by atoms with Gasteiger partial charge in [0.2, 0.25) is 0 Å². The maximum absolute atomic E-state index is 12.7. The molecule has 0 aliphatic carbocycles. The molecular formula is C13H26F3O4S2+. The fraction of sp³-hybridized carbons (Fsp3) is 0.923. The Hall–Kier alpha value is -0.280. The molecule has 4 nitrogen and oxygen atoms in total. The van der Waals surface area contributed by atoms with Crippen molar-refractivity contribution >= 4 is 26.2 Å². The second-order valence-electron chi connectivity index (χ2n) is 5.15. The lowest BCUT2D eigenvalue weighted by Crippen LogP contribution is -2.34. The molecule has 0 aromatic carbocycles. The van der Waals surface area contributed by atoms with Gasteiger partial charge in [-0.25, -0.2) is 0 Å². The highest BCUT2D eigenvalue weighted by molar-refractivity contribution is 8.32. The van der Waals surface area contributed by atoms with Gasteiger partial charge >= 0.3 is 15.6 Å². The highest BCUT2D eigenvalue weighted by Crippen LogP contribution is 2.51. The molecular weight excluding hydrogens is 341 g/mol. The molecule has 0 heterocycles. The summed E-state index contributed by atoms with van der Waals surface area (Å²) in [6, 6.07) is 0. The van der Waals surface area contributed by atoms with Crippen molar-refractivity contribution in [3.05, 3.63) is 0 Å². The number of hydrogen-bond acceptors (Lipinski definition) is 3. The third kappa shape index (κ3) is 6.87. The number of rotatable bonds is 11. The average Bonchev–Trinajstić information content (AvgIpc) is 2.41. The van der Waals surface area contributed by atoms with Crippen molar-refractivity contribution in [1.29, 1.82) is 0 Å². The van der Waals surface area contributed by atoms with Crippen LogP contribution in [0.2, 0.25) is 0 Å². The van der Waals surface area contributed by atoms with Crippen LogP contribution in [0.25, 0.3) is 0 Å². The van der Waals surface area contributed by atoms with Gasteiger partial charge in [0.05, 0.1) is 5.75 Å². The van der Waals surface area contributed by atoms with Crippen LogP contribution in [0.5, 0.6) is 0 Å². The Labute approximate surface area is 132 Å². The van der Waals surface area contributed by atoms with Gasteiger partial charge in [0.15, 0.2) is 0 Å². The molecule has 0 fully saturated rings. The van der Waals surface area contributed by atoms with Crippen molar-refractivity contribution < 1.29 is 30.0 Å². The molecule has 0 aromatic heterocycles. The summed E-state index contributed by atoms with van der Waals surface area (Å²) >= 11 is 0. The predicted octanol–water partition coefficient (Wildman–Crippen LogP) is 4.23. The van der Waals surface area contributed by atoms with Gasteiger partial charge < -0.3 is 0 Å². The minimum absolute atomic E-state index is 0.168. The Kier molecular flexibility index (Phi) is 9.01. The molecule has 134 valence electrons. The molecule has 0 rings (SSSR count). The van der Waals surface area contributed by atoms with Crippen LogP contribution >= 0.6 is 10.3 Å². The molecule has 22 heavy (non-hydrogen) atoms. The smallest absolute Gasteiger partial charge is 0.299 e. The van der Waals surface area contributed by atoms with E-state index in [2.05, 4.69) is 3.63 Å². The van der Waals surface area contributed by atoms with Crippen LogP contribution in [0.3, 0.4) is 0 Å². The summed E-state index contributed by atoms with van der Waals surface area (Å²) < 4.78 is 64.3. The molecule has 0 radical (unpaired) electrons. The van der Waals surface area contributed by atoms with Gasteiger partial charge in [0.1, 0.15) is 5.78 Å². The van der Waals surface area contributed by atoms with Crippen LogP contribution in [-0.4, -0.2) is 40.6 Å². The van der Waals surface area contributed by atoms with Gasteiger partial charge in [-0.15, -0.1) is 8.42 Å². The summed E-state index contributed by atoms with van der Waals surface area (Å²) in [6.45, 7) is 5.35. The monoisotopic (exact) mass is 367 g/mol. The van der Waals surface area contributed by atoms with Gasteiger partial charge in [-0.1, -0.05) is 33.6 Å². The first-order valence-corrected chi connectivity index (χ1v) is 10.9. The molecule has 9 heteroatoms. The number of hydrogen-bond donors (Lipinski definition) is 0. The number of halogens is 3. The Bertz CT molecular complexity index is 439. The quantitative estimate of drug-likeness (QED) is 0.312. The maximum atomic E-state index is 12.7. The van der Waals surface area contributed by atoms with Gasteiger partial charge in [0.25, 0.3) is 0 Å². The number of carbonyl (C=O) groups excluding carboxylic acids is 1. The molecule has 0 aromatic rings. The Morgan fingerprint density at radius 2 is 1.45 bits per heavy atom. The lowest BCUT2D eigenvalue weighted by molar-refractivity contribution is -0.116. The van der Waals surface area contributed by atoms with Crippen molar-refractivity contribution in [3.8, 4) is 0 Å². The minimum Gasteiger partial charge on any atom is -0.299 e. The molecule has 1 N–H and O–H groups in total. The predicted molar refractivity (Wildman–Crippen MR) is 84.9 cm³/mol. The summed E-state index contributed by atoms with van der Waals surface area (Å²) in [5.41, 5.74) is -5.40. The van der Waals surface area contributed by atoms with Crippen molar-refractivity contribution in [3.63, 3.8) is 0 Å². The molecule has 0 bridgehead atoms. The fourth-order valence-electron chi connectivity index (χ4n) is 1.83. The normalized spacial score (nSPS) is 14.1. The zero-order chi connectivity index (χ0) is 17.4. The fourth-order valence-corrected chi connectivity index (χ4v) is 7.58. The van der Waals surface area contributed by atoms with Crippen LogP contribution in [0.15, 0.2) is 0 Å². The van der Waals surface area contributed by atoms with Gasteiger partial charge in [-0.3, -0.25) is 8.42 Å². The van der Waals surface area contributed by atoms with Crippen LogP contribution < -0.4 is 0 Å². The van der Waals surface area contributed by atoms with E-state index in [1.807, 2.05) is 13.8 Å². The first kappa shape index (κ1) is 21.7. The van der Waals surface area contributed by atoms with E-state index < -0.39 is 25.9 Å². The van der Waals surface area contributed by atoms with E-state index in [0.717, 1.165) is 0 Å². The average molecular weight is 367 g/mol. The summed E-state index contributed by atoms with van der Waals surface area (Å²) in [4.78, 5) is 11.8. The van der Waals surface area contributed by atoms with Crippen LogP contribution in [0.4, 0.5) is 13.2 Å². The molecule has 0 atom stereocenters. The number of unbranched alkanes of at least 4 members (excludes halogenated alkanes) is 2. The standard InChI is InChI=1S/C13H25F3O4S2/c1-4-7-9-21(10-8-5-2,11-12(17)6-3)20-22(18,19)13(14,15)16/h4-11H2,1-3H3/p+1. The largest absolute Gasteiger partial charge is 0.572 e. The zero-order valence-electron chi connectivity index (χ0n) is 13.3. The van der Waals surface area contributed by atoms with E-state index in [0.29, 0.717) is 25.7 Å². The summed E-state index contributed by atoms with van der Waals surface area (Å²) in [5, 5.41) is 0. The number of carbonyl (C=O) groups is 1. The van der Waals surface area contributed by atoms with E-state index in [4.69, 9.17) is 0 Å². The number of Topliss-reactive ketones (excluding diaryl/α,β-unsaturated/α-hetero) is 1. The van der Waals surface area contributed by atoms with E-state index in [1.54, 1.807) is 6.92 Å². The maximum Gasteiger partial charge on any atom is 0.572 e. The molecule has 0 amide bonds. The zero-order valence-corrected chi connectivity index (χ0v) is 14.9. The van der Waals surface area contributed by atoms with Crippen LogP contribution in [0, 0.1) is 0 Å². The second kappa shape index (κ2) is 9.12.